The zero-order valence-corrected chi connectivity index (χ0v) is 15.8. The van der Waals surface area contributed by atoms with Crippen LogP contribution in [0.4, 0.5) is 0 Å². The highest BCUT2D eigenvalue weighted by atomic mass is 35.5. The topological polar surface area (TPSA) is 58.2 Å². The van der Waals surface area contributed by atoms with Gasteiger partial charge in [-0.3, -0.25) is 9.59 Å². The molecule has 0 fully saturated rings. The van der Waals surface area contributed by atoms with Gasteiger partial charge in [0.1, 0.15) is 0 Å². The van der Waals surface area contributed by atoms with E-state index >= 15 is 0 Å². The molecule has 2 N–H and O–H groups in total. The van der Waals surface area contributed by atoms with Crippen molar-refractivity contribution < 1.29 is 9.59 Å². The van der Waals surface area contributed by atoms with Crippen LogP contribution < -0.4 is 10.6 Å². The Labute approximate surface area is 161 Å². The van der Waals surface area contributed by atoms with Crippen molar-refractivity contribution in [2.75, 3.05) is 11.5 Å². The van der Waals surface area contributed by atoms with E-state index in [0.717, 1.165) is 11.1 Å². The Bertz CT molecular complexity index is 645. The van der Waals surface area contributed by atoms with Gasteiger partial charge in [-0.2, -0.15) is 0 Å². The van der Waals surface area contributed by atoms with E-state index < -0.39 is 0 Å². The lowest BCUT2D eigenvalue weighted by molar-refractivity contribution is -0.119. The molecule has 0 bridgehead atoms. The molecule has 2 aromatic rings. The van der Waals surface area contributed by atoms with Crippen molar-refractivity contribution in [1.29, 1.82) is 0 Å². The third kappa shape index (κ3) is 7.82. The number of carbonyl (C=O) groups excluding carboxylic acids is 2. The molecule has 0 aliphatic heterocycles. The fourth-order valence-corrected chi connectivity index (χ4v) is 2.87. The second-order valence-corrected chi connectivity index (χ2v) is 7.16. The van der Waals surface area contributed by atoms with Crippen LogP contribution in [-0.2, 0) is 22.7 Å². The Hall–Kier alpha value is -1.69. The minimum atomic E-state index is -0.106. The van der Waals surface area contributed by atoms with E-state index in [9.17, 15) is 9.59 Å². The van der Waals surface area contributed by atoms with Gasteiger partial charge in [-0.25, -0.2) is 0 Å². The molecule has 0 spiro atoms. The predicted octanol–water partition coefficient (Wildman–Crippen LogP) is 3.66. The lowest BCUT2D eigenvalue weighted by Gasteiger charge is -2.07. The van der Waals surface area contributed by atoms with Crippen molar-refractivity contribution in [2.45, 2.75) is 13.1 Å². The highest BCUT2D eigenvalue weighted by Crippen LogP contribution is 2.10. The maximum absolute atomic E-state index is 11.8. The van der Waals surface area contributed by atoms with Gasteiger partial charge in [-0.15, -0.1) is 11.8 Å². The predicted molar refractivity (Wildman–Crippen MR) is 104 cm³/mol. The van der Waals surface area contributed by atoms with Gasteiger partial charge in [0.25, 0.3) is 0 Å². The summed E-state index contributed by atoms with van der Waals surface area (Å²) in [7, 11) is 0. The first-order chi connectivity index (χ1) is 12.0. The molecule has 4 nitrogen and oxygen atoms in total. The average Bonchev–Trinajstić information content (AvgIpc) is 2.61. The van der Waals surface area contributed by atoms with Gasteiger partial charge in [-0.05, 0) is 35.4 Å². The Balaban J connectivity index is 1.59. The van der Waals surface area contributed by atoms with Crippen LogP contribution in [0.5, 0.6) is 0 Å². The highest BCUT2D eigenvalue weighted by molar-refractivity contribution is 8.00. The molecule has 0 atom stereocenters. The molecular weight excluding hydrogens is 379 g/mol. The summed E-state index contributed by atoms with van der Waals surface area (Å²) in [6.45, 7) is 0.888. The summed E-state index contributed by atoms with van der Waals surface area (Å²) in [6.07, 6.45) is 0. The summed E-state index contributed by atoms with van der Waals surface area (Å²) < 4.78 is 0. The van der Waals surface area contributed by atoms with Crippen LogP contribution in [-0.4, -0.2) is 23.3 Å². The van der Waals surface area contributed by atoms with E-state index in [2.05, 4.69) is 10.6 Å². The number of hydrogen-bond donors (Lipinski definition) is 2. The van der Waals surface area contributed by atoms with Gasteiger partial charge < -0.3 is 10.6 Å². The maximum Gasteiger partial charge on any atom is 0.230 e. The van der Waals surface area contributed by atoms with E-state index in [1.165, 1.54) is 11.8 Å². The normalized spacial score (nSPS) is 10.3. The average molecular weight is 397 g/mol. The van der Waals surface area contributed by atoms with E-state index in [-0.39, 0.29) is 23.3 Å². The van der Waals surface area contributed by atoms with Gasteiger partial charge in [0.05, 0.1) is 11.5 Å². The van der Waals surface area contributed by atoms with Crippen molar-refractivity contribution in [2.24, 2.45) is 0 Å². The molecule has 25 heavy (non-hydrogen) atoms. The quantitative estimate of drug-likeness (QED) is 0.715. The van der Waals surface area contributed by atoms with E-state index in [4.69, 9.17) is 23.2 Å². The fraction of sp³-hybridized carbons (Fsp3) is 0.222. The van der Waals surface area contributed by atoms with E-state index in [0.29, 0.717) is 23.1 Å². The van der Waals surface area contributed by atoms with Crippen molar-refractivity contribution in [3.63, 3.8) is 0 Å². The van der Waals surface area contributed by atoms with Gasteiger partial charge >= 0.3 is 0 Å². The second-order valence-electron chi connectivity index (χ2n) is 5.30. The molecule has 2 amide bonds. The van der Waals surface area contributed by atoms with Gasteiger partial charge in [-0.1, -0.05) is 47.5 Å². The molecule has 0 unspecified atom stereocenters. The molecule has 2 aromatic carbocycles. The first kappa shape index (κ1) is 19.6. The molecule has 0 radical (unpaired) electrons. The summed E-state index contributed by atoms with van der Waals surface area (Å²) in [4.78, 5) is 23.5. The van der Waals surface area contributed by atoms with Crippen LogP contribution in [0, 0.1) is 0 Å². The zero-order chi connectivity index (χ0) is 18.1. The smallest absolute Gasteiger partial charge is 0.230 e. The minimum Gasteiger partial charge on any atom is -0.351 e. The lowest BCUT2D eigenvalue weighted by atomic mass is 10.2. The maximum atomic E-state index is 11.8. The van der Waals surface area contributed by atoms with E-state index in [1.807, 2.05) is 24.3 Å². The minimum absolute atomic E-state index is 0.106. The summed E-state index contributed by atoms with van der Waals surface area (Å²) >= 11 is 12.9. The van der Waals surface area contributed by atoms with Crippen LogP contribution in [0.2, 0.25) is 10.0 Å². The summed E-state index contributed by atoms with van der Waals surface area (Å²) in [6, 6.07) is 14.6. The highest BCUT2D eigenvalue weighted by Gasteiger charge is 2.06. The van der Waals surface area contributed by atoms with Crippen LogP contribution in [0.15, 0.2) is 48.5 Å². The number of hydrogen-bond acceptors (Lipinski definition) is 3. The third-order valence-electron chi connectivity index (χ3n) is 3.27. The molecule has 0 saturated heterocycles. The number of thioether (sulfide) groups is 1. The Morgan fingerprint density at radius 1 is 0.720 bits per heavy atom. The number of amides is 2. The van der Waals surface area contributed by atoms with Crippen molar-refractivity contribution in [3.05, 3.63) is 69.7 Å². The molecule has 0 aromatic heterocycles. The van der Waals surface area contributed by atoms with E-state index in [1.54, 1.807) is 24.3 Å². The van der Waals surface area contributed by atoms with Crippen LogP contribution in [0.3, 0.4) is 0 Å². The number of benzene rings is 2. The van der Waals surface area contributed by atoms with Gasteiger partial charge in [0.15, 0.2) is 0 Å². The molecule has 0 saturated carbocycles. The first-order valence-electron chi connectivity index (χ1n) is 7.63. The van der Waals surface area contributed by atoms with Crippen molar-refractivity contribution >= 4 is 46.8 Å². The first-order valence-corrected chi connectivity index (χ1v) is 9.54. The largest absolute Gasteiger partial charge is 0.351 e. The number of halogens is 2. The van der Waals surface area contributed by atoms with Crippen LogP contribution in [0.25, 0.3) is 0 Å². The fourth-order valence-electron chi connectivity index (χ4n) is 1.94. The molecule has 0 aliphatic carbocycles. The summed E-state index contributed by atoms with van der Waals surface area (Å²) in [5.41, 5.74) is 1.95. The molecule has 0 heterocycles. The zero-order valence-electron chi connectivity index (χ0n) is 13.4. The Kier molecular flexibility index (Phi) is 8.12. The standard InChI is InChI=1S/C18H18Cl2N2O2S/c19-15-5-1-13(2-6-15)9-21-17(23)11-25-12-18(24)22-10-14-3-7-16(20)8-4-14/h1-8H,9-12H2,(H,21,23)(H,22,24). The Morgan fingerprint density at radius 3 is 1.44 bits per heavy atom. The molecular formula is C18H18Cl2N2O2S. The van der Waals surface area contributed by atoms with Crippen LogP contribution in [0.1, 0.15) is 11.1 Å². The Morgan fingerprint density at radius 2 is 1.08 bits per heavy atom. The monoisotopic (exact) mass is 396 g/mol. The number of rotatable bonds is 8. The van der Waals surface area contributed by atoms with Crippen LogP contribution >= 0.6 is 35.0 Å². The number of nitrogens with one attached hydrogen (secondary N) is 2. The van der Waals surface area contributed by atoms with Crippen molar-refractivity contribution in [1.82, 2.24) is 10.6 Å². The molecule has 0 aliphatic rings. The van der Waals surface area contributed by atoms with Gasteiger partial charge in [0, 0.05) is 23.1 Å². The summed E-state index contributed by atoms with van der Waals surface area (Å²) in [5.74, 6) is 0.264. The SMILES string of the molecule is O=C(CSCC(=O)NCc1ccc(Cl)cc1)NCc1ccc(Cl)cc1. The second kappa shape index (κ2) is 10.3. The van der Waals surface area contributed by atoms with Gasteiger partial charge in [0.2, 0.25) is 11.8 Å². The summed E-state index contributed by atoms with van der Waals surface area (Å²) in [5, 5.41) is 6.94. The molecule has 132 valence electrons. The number of carbonyl (C=O) groups is 2. The molecule has 2 rings (SSSR count). The van der Waals surface area contributed by atoms with Crippen molar-refractivity contribution in [3.8, 4) is 0 Å². The third-order valence-corrected chi connectivity index (χ3v) is 4.71. The lowest BCUT2D eigenvalue weighted by Crippen LogP contribution is -2.27. The molecule has 7 heteroatoms.